The quantitative estimate of drug-likeness (QED) is 0.440. The number of carboxylic acid groups (broad SMARTS) is 1. The second kappa shape index (κ2) is 9.82. The van der Waals surface area contributed by atoms with Crippen LogP contribution < -0.4 is 9.04 Å². The Morgan fingerprint density at radius 2 is 1.42 bits per heavy atom. The number of carbonyl (C=O) groups excluding carboxylic acids is 2. The van der Waals surface area contributed by atoms with Crippen LogP contribution in [0.1, 0.15) is 27.1 Å². The second-order valence-electron chi connectivity index (χ2n) is 8.28. The number of aliphatic carboxylic acids is 1. The maximum atomic E-state index is 12.7. The van der Waals surface area contributed by atoms with E-state index >= 15 is 0 Å². The van der Waals surface area contributed by atoms with Crippen molar-refractivity contribution < 1.29 is 32.6 Å². The molecule has 4 rings (SSSR count). The molecule has 1 heterocycles. The predicted octanol–water partition coefficient (Wildman–Crippen LogP) is 3.27. The van der Waals surface area contributed by atoms with Crippen LogP contribution in [0.25, 0.3) is 11.1 Å². The van der Waals surface area contributed by atoms with Crippen molar-refractivity contribution in [2.75, 3.05) is 24.2 Å². The molecule has 186 valence electrons. The Balaban J connectivity index is 1.59. The number of carboxylic acids is 1. The molecule has 0 fully saturated rings. The Kier molecular flexibility index (Phi) is 6.80. The first-order valence-electron chi connectivity index (χ1n) is 11.0. The van der Waals surface area contributed by atoms with Gasteiger partial charge in [-0.05, 0) is 53.9 Å². The number of carbonyl (C=O) groups is 3. The zero-order valence-corrected chi connectivity index (χ0v) is 20.4. The van der Waals surface area contributed by atoms with Crippen molar-refractivity contribution in [1.29, 1.82) is 0 Å². The van der Waals surface area contributed by atoms with Gasteiger partial charge in [0.1, 0.15) is 11.8 Å². The van der Waals surface area contributed by atoms with E-state index in [-0.39, 0.29) is 29.8 Å². The summed E-state index contributed by atoms with van der Waals surface area (Å²) in [7, 11) is -2.46. The summed E-state index contributed by atoms with van der Waals surface area (Å²) in [5.41, 5.74) is 2.30. The van der Waals surface area contributed by atoms with Crippen molar-refractivity contribution in [2.45, 2.75) is 12.5 Å². The SMILES string of the molecule is COc1ccc(-c2ccc(N(C(CCN3C(=O)c4ccccc4C3=O)C(=O)O)S(C)(=O)=O)cc2)cc1. The van der Waals surface area contributed by atoms with Crippen molar-refractivity contribution in [1.82, 2.24) is 4.90 Å². The van der Waals surface area contributed by atoms with Crippen molar-refractivity contribution in [3.05, 3.63) is 83.9 Å². The largest absolute Gasteiger partial charge is 0.497 e. The molecule has 0 radical (unpaired) electrons. The van der Waals surface area contributed by atoms with Crippen molar-refractivity contribution >= 4 is 33.5 Å². The molecule has 3 aromatic rings. The first kappa shape index (κ1) is 24.9. The van der Waals surface area contributed by atoms with Gasteiger partial charge >= 0.3 is 5.97 Å². The standard InChI is InChI=1S/C26H24N2O7S/c1-35-20-13-9-18(10-14-20)17-7-11-19(12-8-17)28(36(2,33)34)23(26(31)32)15-16-27-24(29)21-5-3-4-6-22(21)25(27)30/h3-14,23H,15-16H2,1-2H3,(H,31,32). The average molecular weight is 509 g/mol. The topological polar surface area (TPSA) is 121 Å². The number of amides is 2. The molecule has 0 bridgehead atoms. The van der Waals surface area contributed by atoms with E-state index in [2.05, 4.69) is 0 Å². The molecular weight excluding hydrogens is 484 g/mol. The van der Waals surface area contributed by atoms with Crippen molar-refractivity contribution in [3.8, 4) is 16.9 Å². The van der Waals surface area contributed by atoms with E-state index in [0.29, 0.717) is 5.75 Å². The van der Waals surface area contributed by atoms with Crippen LogP contribution in [0.2, 0.25) is 0 Å². The zero-order valence-electron chi connectivity index (χ0n) is 19.6. The maximum absolute atomic E-state index is 12.7. The Bertz CT molecular complexity index is 1380. The summed E-state index contributed by atoms with van der Waals surface area (Å²) in [4.78, 5) is 38.5. The fraction of sp³-hybridized carbons (Fsp3) is 0.192. The van der Waals surface area contributed by atoms with Crippen molar-refractivity contribution in [2.24, 2.45) is 0 Å². The number of imide groups is 1. The third kappa shape index (κ3) is 4.80. The molecule has 2 amide bonds. The molecule has 1 N–H and O–H groups in total. The van der Waals surface area contributed by atoms with Gasteiger partial charge in [-0.1, -0.05) is 36.4 Å². The Morgan fingerprint density at radius 3 is 1.86 bits per heavy atom. The van der Waals surface area contributed by atoms with Crippen molar-refractivity contribution in [3.63, 3.8) is 0 Å². The minimum atomic E-state index is -4.03. The van der Waals surface area contributed by atoms with E-state index in [4.69, 9.17) is 4.74 Å². The van der Waals surface area contributed by atoms with Crippen LogP contribution in [0.15, 0.2) is 72.8 Å². The molecule has 36 heavy (non-hydrogen) atoms. The van der Waals surface area contributed by atoms with Gasteiger partial charge in [0, 0.05) is 6.54 Å². The Labute approximate surface area is 208 Å². The van der Waals surface area contributed by atoms with Gasteiger partial charge < -0.3 is 9.84 Å². The lowest BCUT2D eigenvalue weighted by Crippen LogP contribution is -2.47. The monoisotopic (exact) mass is 508 g/mol. The molecule has 9 nitrogen and oxygen atoms in total. The predicted molar refractivity (Wildman–Crippen MR) is 134 cm³/mol. The zero-order chi connectivity index (χ0) is 26.0. The van der Waals surface area contributed by atoms with E-state index < -0.39 is 33.8 Å². The van der Waals surface area contributed by atoms with E-state index in [1.807, 2.05) is 12.1 Å². The highest BCUT2D eigenvalue weighted by molar-refractivity contribution is 7.92. The van der Waals surface area contributed by atoms with E-state index in [0.717, 1.165) is 26.6 Å². The van der Waals surface area contributed by atoms with E-state index in [1.54, 1.807) is 43.5 Å². The first-order valence-corrected chi connectivity index (χ1v) is 12.9. The minimum Gasteiger partial charge on any atom is -0.497 e. The molecule has 0 aromatic heterocycles. The number of hydrogen-bond donors (Lipinski definition) is 1. The van der Waals surface area contributed by atoms with Gasteiger partial charge in [0.15, 0.2) is 0 Å². The number of methoxy groups -OCH3 is 1. The molecule has 3 aromatic carbocycles. The normalized spacial score (nSPS) is 13.9. The molecule has 0 aliphatic carbocycles. The highest BCUT2D eigenvalue weighted by Gasteiger charge is 2.38. The summed E-state index contributed by atoms with van der Waals surface area (Å²) in [6.07, 6.45) is 0.635. The summed E-state index contributed by atoms with van der Waals surface area (Å²) in [6.45, 7) is -0.251. The first-order chi connectivity index (χ1) is 17.1. The summed E-state index contributed by atoms with van der Waals surface area (Å²) < 4.78 is 31.4. The lowest BCUT2D eigenvalue weighted by Gasteiger charge is -2.30. The maximum Gasteiger partial charge on any atom is 0.327 e. The highest BCUT2D eigenvalue weighted by Crippen LogP contribution is 2.29. The van der Waals surface area contributed by atoms with Gasteiger partial charge in [-0.2, -0.15) is 0 Å². The third-order valence-corrected chi connectivity index (χ3v) is 7.15. The summed E-state index contributed by atoms with van der Waals surface area (Å²) in [5, 5.41) is 9.92. The number of rotatable bonds is 9. The van der Waals surface area contributed by atoms with Crippen LogP contribution in [0, 0.1) is 0 Å². The average Bonchev–Trinajstić information content (AvgIpc) is 3.10. The van der Waals surface area contributed by atoms with E-state index in [9.17, 15) is 27.9 Å². The molecule has 0 spiro atoms. The molecule has 1 aliphatic heterocycles. The number of benzene rings is 3. The summed E-state index contributed by atoms with van der Waals surface area (Å²) in [6, 6.07) is 18.5. The van der Waals surface area contributed by atoms with Crippen LogP contribution in [0.5, 0.6) is 5.75 Å². The third-order valence-electron chi connectivity index (χ3n) is 5.97. The molecule has 1 unspecified atom stereocenters. The number of nitrogens with zero attached hydrogens (tertiary/aromatic N) is 2. The van der Waals surface area contributed by atoms with Gasteiger partial charge in [0.05, 0.1) is 30.2 Å². The molecule has 1 atom stereocenters. The van der Waals surface area contributed by atoms with Crippen LogP contribution in [0.3, 0.4) is 0 Å². The van der Waals surface area contributed by atoms with Crippen LogP contribution >= 0.6 is 0 Å². The second-order valence-corrected chi connectivity index (χ2v) is 10.1. The number of fused-ring (bicyclic) bond motifs is 1. The van der Waals surface area contributed by atoms with Crippen LogP contribution in [-0.2, 0) is 14.8 Å². The molecule has 1 aliphatic rings. The fourth-order valence-electron chi connectivity index (χ4n) is 4.22. The van der Waals surface area contributed by atoms with E-state index in [1.165, 1.54) is 24.3 Å². The lowest BCUT2D eigenvalue weighted by atomic mass is 10.0. The van der Waals surface area contributed by atoms with Gasteiger partial charge in [-0.25, -0.2) is 13.2 Å². The minimum absolute atomic E-state index is 0.157. The lowest BCUT2D eigenvalue weighted by molar-refractivity contribution is -0.138. The number of ether oxygens (including phenoxy) is 1. The molecule has 0 saturated heterocycles. The number of sulfonamides is 1. The smallest absolute Gasteiger partial charge is 0.327 e. The molecular formula is C26H24N2O7S. The number of anilines is 1. The fourth-order valence-corrected chi connectivity index (χ4v) is 5.38. The Morgan fingerprint density at radius 1 is 0.917 bits per heavy atom. The van der Waals surface area contributed by atoms with Gasteiger partial charge in [0.2, 0.25) is 10.0 Å². The molecule has 0 saturated carbocycles. The highest BCUT2D eigenvalue weighted by atomic mass is 32.2. The van der Waals surface area contributed by atoms with Crippen LogP contribution in [0.4, 0.5) is 5.69 Å². The van der Waals surface area contributed by atoms with Crippen LogP contribution in [-0.4, -0.2) is 62.2 Å². The summed E-state index contributed by atoms with van der Waals surface area (Å²) in [5.74, 6) is -1.76. The van der Waals surface area contributed by atoms with Gasteiger partial charge in [-0.3, -0.25) is 18.8 Å². The molecule has 10 heteroatoms. The van der Waals surface area contributed by atoms with Gasteiger partial charge in [-0.15, -0.1) is 0 Å². The Hall–Kier alpha value is -4.18. The summed E-state index contributed by atoms with van der Waals surface area (Å²) >= 11 is 0. The van der Waals surface area contributed by atoms with Gasteiger partial charge in [0.25, 0.3) is 11.8 Å². The number of hydrogen-bond acceptors (Lipinski definition) is 6.